The van der Waals surface area contributed by atoms with Crippen LogP contribution < -0.4 is 5.56 Å². The van der Waals surface area contributed by atoms with Crippen LogP contribution in [0.3, 0.4) is 0 Å². The van der Waals surface area contributed by atoms with Crippen molar-refractivity contribution in [2.75, 3.05) is 26.2 Å². The number of rotatable bonds is 4. The molecule has 1 aliphatic heterocycles. The van der Waals surface area contributed by atoms with E-state index < -0.39 is 0 Å². The van der Waals surface area contributed by atoms with Crippen LogP contribution in [0.2, 0.25) is 0 Å². The van der Waals surface area contributed by atoms with Gasteiger partial charge in [0, 0.05) is 39.6 Å². The van der Waals surface area contributed by atoms with Gasteiger partial charge >= 0.3 is 0 Å². The fraction of sp³-hybridized carbons (Fsp3) is 0.526. The van der Waals surface area contributed by atoms with E-state index in [0.29, 0.717) is 11.8 Å². The molecule has 0 saturated carbocycles. The van der Waals surface area contributed by atoms with Crippen molar-refractivity contribution in [1.82, 2.24) is 19.4 Å². The first-order chi connectivity index (χ1) is 12.0. The standard InChI is InChI=1S/C19H26N4O2/c1-4-7-17(24)23-12-10-22(11-13-23)14(2)18-20-16-9-6-5-8-15(16)19(25)21(18)3/h5-6,8-9,14H,4,7,10-13H2,1-3H3. The van der Waals surface area contributed by atoms with Crippen molar-refractivity contribution >= 4 is 16.8 Å². The molecule has 2 aromatic rings. The zero-order chi connectivity index (χ0) is 18.0. The minimum atomic E-state index is -0.00999. The lowest BCUT2D eigenvalue weighted by molar-refractivity contribution is -0.133. The highest BCUT2D eigenvalue weighted by Crippen LogP contribution is 2.21. The van der Waals surface area contributed by atoms with Crippen molar-refractivity contribution in [2.24, 2.45) is 7.05 Å². The van der Waals surface area contributed by atoms with E-state index in [9.17, 15) is 9.59 Å². The first kappa shape index (κ1) is 17.6. The number of hydrogen-bond donors (Lipinski definition) is 0. The maximum atomic E-state index is 12.6. The molecule has 0 radical (unpaired) electrons. The normalized spacial score (nSPS) is 17.0. The fourth-order valence-electron chi connectivity index (χ4n) is 3.50. The van der Waals surface area contributed by atoms with Crippen molar-refractivity contribution in [3.8, 4) is 0 Å². The number of hydrogen-bond acceptors (Lipinski definition) is 4. The molecule has 1 aliphatic rings. The number of piperazine rings is 1. The zero-order valence-electron chi connectivity index (χ0n) is 15.2. The number of amides is 1. The van der Waals surface area contributed by atoms with Crippen LogP contribution in [0.25, 0.3) is 10.9 Å². The lowest BCUT2D eigenvalue weighted by Gasteiger charge is -2.38. The van der Waals surface area contributed by atoms with E-state index in [2.05, 4.69) is 11.8 Å². The summed E-state index contributed by atoms with van der Waals surface area (Å²) in [6.07, 6.45) is 1.51. The molecule has 6 nitrogen and oxygen atoms in total. The van der Waals surface area contributed by atoms with E-state index in [1.807, 2.05) is 36.1 Å². The van der Waals surface area contributed by atoms with Crippen LogP contribution >= 0.6 is 0 Å². The number of carbonyl (C=O) groups excluding carboxylic acids is 1. The third-order valence-electron chi connectivity index (χ3n) is 5.07. The van der Waals surface area contributed by atoms with Gasteiger partial charge in [0.15, 0.2) is 0 Å². The van der Waals surface area contributed by atoms with Gasteiger partial charge in [-0.15, -0.1) is 0 Å². The maximum Gasteiger partial charge on any atom is 0.261 e. The van der Waals surface area contributed by atoms with Crippen LogP contribution in [-0.4, -0.2) is 51.4 Å². The number of carbonyl (C=O) groups is 1. The van der Waals surface area contributed by atoms with E-state index in [-0.39, 0.29) is 17.5 Å². The second-order valence-electron chi connectivity index (χ2n) is 6.69. The number of nitrogens with zero attached hydrogens (tertiary/aromatic N) is 4. The first-order valence-corrected chi connectivity index (χ1v) is 9.00. The van der Waals surface area contributed by atoms with Gasteiger partial charge in [-0.05, 0) is 25.5 Å². The van der Waals surface area contributed by atoms with Gasteiger partial charge in [-0.3, -0.25) is 19.1 Å². The van der Waals surface area contributed by atoms with Gasteiger partial charge in [-0.25, -0.2) is 4.98 Å². The van der Waals surface area contributed by atoms with Gasteiger partial charge in [0.2, 0.25) is 5.91 Å². The predicted octanol–water partition coefficient (Wildman–Crippen LogP) is 1.94. The Kier molecular flexibility index (Phi) is 5.18. The summed E-state index contributed by atoms with van der Waals surface area (Å²) in [5, 5.41) is 0.649. The van der Waals surface area contributed by atoms with Crippen molar-refractivity contribution in [3.05, 3.63) is 40.4 Å². The highest BCUT2D eigenvalue weighted by molar-refractivity contribution is 5.77. The van der Waals surface area contributed by atoms with Crippen molar-refractivity contribution in [3.63, 3.8) is 0 Å². The second-order valence-corrected chi connectivity index (χ2v) is 6.69. The highest BCUT2D eigenvalue weighted by atomic mass is 16.2. The number of para-hydroxylation sites is 1. The summed E-state index contributed by atoms with van der Waals surface area (Å²) in [6.45, 7) is 7.20. The van der Waals surface area contributed by atoms with E-state index in [0.717, 1.165) is 43.9 Å². The molecule has 0 spiro atoms. The van der Waals surface area contributed by atoms with Crippen LogP contribution in [0.4, 0.5) is 0 Å². The second kappa shape index (κ2) is 7.35. The third-order valence-corrected chi connectivity index (χ3v) is 5.07. The lowest BCUT2D eigenvalue weighted by atomic mass is 10.1. The molecular weight excluding hydrogens is 316 g/mol. The van der Waals surface area contributed by atoms with Crippen molar-refractivity contribution in [1.29, 1.82) is 0 Å². The molecule has 0 aliphatic carbocycles. The number of aromatic nitrogens is 2. The molecule has 1 amide bonds. The molecule has 3 rings (SSSR count). The molecule has 134 valence electrons. The van der Waals surface area contributed by atoms with Crippen LogP contribution in [-0.2, 0) is 11.8 Å². The summed E-state index contributed by atoms with van der Waals surface area (Å²) in [6, 6.07) is 7.50. The van der Waals surface area contributed by atoms with E-state index in [1.165, 1.54) is 0 Å². The summed E-state index contributed by atoms with van der Waals surface area (Å²) in [7, 11) is 1.79. The van der Waals surface area contributed by atoms with E-state index >= 15 is 0 Å². The molecule has 1 fully saturated rings. The number of benzene rings is 1. The molecule has 1 aromatic carbocycles. The average molecular weight is 342 g/mol. The highest BCUT2D eigenvalue weighted by Gasteiger charge is 2.26. The largest absolute Gasteiger partial charge is 0.340 e. The SMILES string of the molecule is CCCC(=O)N1CCN(C(C)c2nc3ccccc3c(=O)n2C)CC1. The molecule has 0 N–H and O–H groups in total. The van der Waals surface area contributed by atoms with Crippen LogP contribution in [0.15, 0.2) is 29.1 Å². The van der Waals surface area contributed by atoms with Gasteiger partial charge in [-0.1, -0.05) is 19.1 Å². The van der Waals surface area contributed by atoms with Crippen molar-refractivity contribution in [2.45, 2.75) is 32.7 Å². The van der Waals surface area contributed by atoms with Crippen molar-refractivity contribution < 1.29 is 4.79 Å². The van der Waals surface area contributed by atoms with Gasteiger partial charge in [0.25, 0.3) is 5.56 Å². The minimum absolute atomic E-state index is 0.00999. The maximum absolute atomic E-state index is 12.6. The molecule has 0 bridgehead atoms. The summed E-state index contributed by atoms with van der Waals surface area (Å²) >= 11 is 0. The van der Waals surface area contributed by atoms with E-state index in [4.69, 9.17) is 4.98 Å². The third kappa shape index (κ3) is 3.44. The van der Waals surface area contributed by atoms with Crippen LogP contribution in [0, 0.1) is 0 Å². The molecular formula is C19H26N4O2. The Bertz CT molecular complexity index is 822. The van der Waals surface area contributed by atoms with Crippen LogP contribution in [0.1, 0.15) is 38.6 Å². The Morgan fingerprint density at radius 1 is 1.20 bits per heavy atom. The fourth-order valence-corrected chi connectivity index (χ4v) is 3.50. The van der Waals surface area contributed by atoms with Gasteiger partial charge in [0.1, 0.15) is 5.82 Å². The average Bonchev–Trinajstić information content (AvgIpc) is 2.64. The zero-order valence-corrected chi connectivity index (χ0v) is 15.2. The Balaban J connectivity index is 1.79. The quantitative estimate of drug-likeness (QED) is 0.852. The molecule has 25 heavy (non-hydrogen) atoms. The summed E-state index contributed by atoms with van der Waals surface area (Å²) in [5.41, 5.74) is 0.730. The Hall–Kier alpha value is -2.21. The smallest absolute Gasteiger partial charge is 0.261 e. The number of fused-ring (bicyclic) bond motifs is 1. The van der Waals surface area contributed by atoms with E-state index in [1.54, 1.807) is 11.6 Å². The molecule has 1 unspecified atom stereocenters. The molecule has 1 saturated heterocycles. The molecule has 6 heteroatoms. The minimum Gasteiger partial charge on any atom is -0.340 e. The van der Waals surface area contributed by atoms with Gasteiger partial charge in [0.05, 0.1) is 16.9 Å². The summed E-state index contributed by atoms with van der Waals surface area (Å²) in [5.74, 6) is 1.02. The molecule has 2 heterocycles. The molecule has 1 atom stereocenters. The lowest BCUT2D eigenvalue weighted by Crippen LogP contribution is -2.49. The van der Waals surface area contributed by atoms with Crippen LogP contribution in [0.5, 0.6) is 0 Å². The predicted molar refractivity (Wildman–Crippen MR) is 98.5 cm³/mol. The Labute approximate surface area is 148 Å². The van der Waals surface area contributed by atoms with Gasteiger partial charge in [-0.2, -0.15) is 0 Å². The summed E-state index contributed by atoms with van der Waals surface area (Å²) < 4.78 is 1.65. The Morgan fingerprint density at radius 3 is 2.56 bits per heavy atom. The van der Waals surface area contributed by atoms with Gasteiger partial charge < -0.3 is 4.90 Å². The molecule has 1 aromatic heterocycles. The topological polar surface area (TPSA) is 58.4 Å². The monoisotopic (exact) mass is 342 g/mol. The summed E-state index contributed by atoms with van der Waals surface area (Å²) in [4.78, 5) is 33.6. The Morgan fingerprint density at radius 2 is 1.88 bits per heavy atom. The first-order valence-electron chi connectivity index (χ1n) is 9.00.